The fourth-order valence-corrected chi connectivity index (χ4v) is 4.55. The molecule has 1 atom stereocenters. The highest BCUT2D eigenvalue weighted by Gasteiger charge is 2.35. The number of hydrogen-bond acceptors (Lipinski definition) is 4. The zero-order valence-electron chi connectivity index (χ0n) is 18.7. The average molecular weight is 454 g/mol. The van der Waals surface area contributed by atoms with E-state index in [0.29, 0.717) is 49.5 Å². The van der Waals surface area contributed by atoms with Crippen molar-refractivity contribution in [2.24, 2.45) is 0 Å². The van der Waals surface area contributed by atoms with Crippen LogP contribution in [0.3, 0.4) is 0 Å². The van der Waals surface area contributed by atoms with Gasteiger partial charge in [-0.2, -0.15) is 0 Å². The Hall–Kier alpha value is -2.16. The van der Waals surface area contributed by atoms with Gasteiger partial charge in [-0.05, 0) is 52.2 Å². The number of rotatable bonds is 4. The molecule has 0 aliphatic carbocycles. The zero-order chi connectivity index (χ0) is 22.8. The maximum Gasteiger partial charge on any atom is 0.410 e. The molecule has 2 heterocycles. The number of halogens is 1. The lowest BCUT2D eigenvalue weighted by Crippen LogP contribution is -2.56. The Balaban J connectivity index is 1.59. The van der Waals surface area contributed by atoms with Crippen molar-refractivity contribution >= 4 is 22.9 Å². The van der Waals surface area contributed by atoms with Gasteiger partial charge in [0.25, 0.3) is 0 Å². The second-order valence-corrected chi connectivity index (χ2v) is 10.5. The van der Waals surface area contributed by atoms with E-state index in [-0.39, 0.29) is 24.7 Å². The van der Waals surface area contributed by atoms with Gasteiger partial charge in [-0.25, -0.2) is 14.0 Å². The number of carbonyl (C=O) groups is 2. The summed E-state index contributed by atoms with van der Waals surface area (Å²) >= 11 is 0. The van der Waals surface area contributed by atoms with E-state index >= 15 is 0 Å². The van der Waals surface area contributed by atoms with Gasteiger partial charge in [0.1, 0.15) is 11.4 Å². The van der Waals surface area contributed by atoms with Crippen LogP contribution in [0.15, 0.2) is 23.1 Å². The minimum absolute atomic E-state index is 0.0590. The third-order valence-electron chi connectivity index (χ3n) is 5.62. The summed E-state index contributed by atoms with van der Waals surface area (Å²) in [5, 5.41) is 0. The van der Waals surface area contributed by atoms with Crippen LogP contribution in [0.2, 0.25) is 0 Å². The van der Waals surface area contributed by atoms with Gasteiger partial charge in [0.15, 0.2) is 0 Å². The van der Waals surface area contributed by atoms with Gasteiger partial charge >= 0.3 is 12.1 Å². The zero-order valence-corrected chi connectivity index (χ0v) is 19.5. The molecule has 0 bridgehead atoms. The van der Waals surface area contributed by atoms with Crippen LogP contribution in [0, 0.1) is 5.82 Å². The predicted molar refractivity (Wildman–Crippen MR) is 117 cm³/mol. The molecule has 0 radical (unpaired) electrons. The highest BCUT2D eigenvalue weighted by Crippen LogP contribution is 2.24. The van der Waals surface area contributed by atoms with Crippen LogP contribution in [0.4, 0.5) is 14.0 Å². The number of benzene rings is 1. The van der Waals surface area contributed by atoms with Crippen LogP contribution in [-0.2, 0) is 22.1 Å². The van der Waals surface area contributed by atoms with E-state index in [1.807, 2.05) is 25.7 Å². The van der Waals surface area contributed by atoms with Gasteiger partial charge in [0.2, 0.25) is 0 Å². The number of carbonyl (C=O) groups excluding carboxylic acids is 2. The van der Waals surface area contributed by atoms with Gasteiger partial charge in [-0.3, -0.25) is 4.21 Å². The van der Waals surface area contributed by atoms with E-state index in [9.17, 15) is 18.2 Å². The molecule has 9 heteroatoms. The van der Waals surface area contributed by atoms with Gasteiger partial charge < -0.3 is 19.4 Å². The first-order chi connectivity index (χ1) is 14.5. The summed E-state index contributed by atoms with van der Waals surface area (Å²) in [4.78, 5) is 31.0. The molecule has 3 amide bonds. The lowest BCUT2D eigenvalue weighted by Gasteiger charge is -2.43. The van der Waals surface area contributed by atoms with Crippen molar-refractivity contribution < 1.29 is 22.9 Å². The first-order valence-corrected chi connectivity index (χ1v) is 12.3. The molecule has 1 aromatic rings. The summed E-state index contributed by atoms with van der Waals surface area (Å²) < 4.78 is 31.4. The van der Waals surface area contributed by atoms with Crippen molar-refractivity contribution in [2.45, 2.75) is 63.1 Å². The summed E-state index contributed by atoms with van der Waals surface area (Å²) in [5.74, 6) is -0.441. The maximum absolute atomic E-state index is 14.4. The minimum atomic E-state index is -1.25. The standard InChI is InChI=1S/C22H32FN3O4S/c1-22(2,3)30-21(28)24-12-8-17(9-13-24)26-11-5-10-25(20(26)27)15-16-6-7-18(31(4)29)14-19(16)23/h6-7,14,17H,5,8-13,15H2,1-4H3. The van der Waals surface area contributed by atoms with E-state index in [0.717, 1.165) is 6.42 Å². The van der Waals surface area contributed by atoms with Gasteiger partial charge in [0.05, 0.1) is 6.54 Å². The number of nitrogens with zero attached hydrogens (tertiary/aromatic N) is 3. The van der Waals surface area contributed by atoms with Crippen LogP contribution in [-0.4, -0.2) is 75.1 Å². The van der Waals surface area contributed by atoms with Crippen molar-refractivity contribution in [3.8, 4) is 0 Å². The largest absolute Gasteiger partial charge is 0.444 e. The highest BCUT2D eigenvalue weighted by molar-refractivity contribution is 7.84. The molecule has 0 aromatic heterocycles. The van der Waals surface area contributed by atoms with Gasteiger partial charge in [0, 0.05) is 59.7 Å². The van der Waals surface area contributed by atoms with Crippen LogP contribution in [0.5, 0.6) is 0 Å². The number of urea groups is 1. The third-order valence-corrected chi connectivity index (χ3v) is 6.54. The molecule has 2 aliphatic heterocycles. The van der Waals surface area contributed by atoms with Crippen LogP contribution >= 0.6 is 0 Å². The Kier molecular flexibility index (Phi) is 7.24. The second-order valence-electron chi connectivity index (χ2n) is 9.16. The quantitative estimate of drug-likeness (QED) is 0.699. The second kappa shape index (κ2) is 9.54. The van der Waals surface area contributed by atoms with Crippen LogP contribution in [0.25, 0.3) is 0 Å². The number of likely N-dealkylation sites (tertiary alicyclic amines) is 1. The van der Waals surface area contributed by atoms with Crippen molar-refractivity contribution in [1.82, 2.24) is 14.7 Å². The molecule has 0 N–H and O–H groups in total. The number of ether oxygens (including phenoxy) is 1. The molecule has 31 heavy (non-hydrogen) atoms. The minimum Gasteiger partial charge on any atom is -0.444 e. The Morgan fingerprint density at radius 1 is 1.19 bits per heavy atom. The number of hydrogen-bond donors (Lipinski definition) is 0. The van der Waals surface area contributed by atoms with Gasteiger partial charge in [-0.15, -0.1) is 0 Å². The van der Waals surface area contributed by atoms with Crippen molar-refractivity contribution in [1.29, 1.82) is 0 Å². The molecule has 0 saturated carbocycles. The molecular formula is C22H32FN3O4S. The Bertz CT molecular complexity index is 850. The number of piperidine rings is 1. The SMILES string of the molecule is CS(=O)c1ccc(CN2CCCN(C3CCN(C(=O)OC(C)(C)C)CC3)C2=O)c(F)c1. The molecular weight excluding hydrogens is 421 g/mol. The molecule has 7 nitrogen and oxygen atoms in total. The fraction of sp³-hybridized carbons (Fsp3) is 0.636. The molecule has 2 fully saturated rings. The molecule has 1 aromatic carbocycles. The molecule has 172 valence electrons. The highest BCUT2D eigenvalue weighted by atomic mass is 32.2. The first-order valence-electron chi connectivity index (χ1n) is 10.7. The summed E-state index contributed by atoms with van der Waals surface area (Å²) in [5.41, 5.74) is -0.110. The smallest absolute Gasteiger partial charge is 0.410 e. The normalized spacial score (nSPS) is 19.5. The van der Waals surface area contributed by atoms with Crippen LogP contribution < -0.4 is 0 Å². The van der Waals surface area contributed by atoms with E-state index in [2.05, 4.69) is 0 Å². The summed E-state index contributed by atoms with van der Waals surface area (Å²) in [6.07, 6.45) is 3.41. The van der Waals surface area contributed by atoms with Crippen LogP contribution in [0.1, 0.15) is 45.6 Å². The van der Waals surface area contributed by atoms with Crippen molar-refractivity contribution in [2.75, 3.05) is 32.4 Å². The molecule has 0 spiro atoms. The Morgan fingerprint density at radius 2 is 1.87 bits per heavy atom. The topological polar surface area (TPSA) is 70.2 Å². The maximum atomic E-state index is 14.4. The summed E-state index contributed by atoms with van der Waals surface area (Å²) in [6, 6.07) is 4.50. The molecule has 2 saturated heterocycles. The van der Waals surface area contributed by atoms with Crippen molar-refractivity contribution in [3.05, 3.63) is 29.6 Å². The monoisotopic (exact) mass is 453 g/mol. The average Bonchev–Trinajstić information content (AvgIpc) is 2.69. The first kappa shape index (κ1) is 23.5. The number of amides is 3. The van der Waals surface area contributed by atoms with E-state index in [4.69, 9.17) is 4.74 Å². The fourth-order valence-electron chi connectivity index (χ4n) is 4.02. The van der Waals surface area contributed by atoms with E-state index < -0.39 is 22.2 Å². The summed E-state index contributed by atoms with van der Waals surface area (Å²) in [6.45, 7) is 8.06. The molecule has 2 aliphatic rings. The van der Waals surface area contributed by atoms with Gasteiger partial charge in [-0.1, -0.05) is 6.07 Å². The third kappa shape index (κ3) is 5.96. The van der Waals surface area contributed by atoms with Crippen molar-refractivity contribution in [3.63, 3.8) is 0 Å². The molecule has 1 unspecified atom stereocenters. The molecule has 3 rings (SSSR count). The van der Waals surface area contributed by atoms with E-state index in [1.165, 1.54) is 12.3 Å². The Labute approximate surface area is 186 Å². The lowest BCUT2D eigenvalue weighted by atomic mass is 10.0. The lowest BCUT2D eigenvalue weighted by molar-refractivity contribution is 0.0141. The van der Waals surface area contributed by atoms with E-state index in [1.54, 1.807) is 21.9 Å². The Morgan fingerprint density at radius 3 is 2.45 bits per heavy atom. The predicted octanol–water partition coefficient (Wildman–Crippen LogP) is 3.59. The summed E-state index contributed by atoms with van der Waals surface area (Å²) in [7, 11) is -1.25.